The van der Waals surface area contributed by atoms with Gasteiger partial charge >= 0.3 is 0 Å². The molecule has 3 aliphatic carbocycles. The molecule has 1 aromatic rings. The molecule has 3 nitrogen and oxygen atoms in total. The fourth-order valence-corrected chi connectivity index (χ4v) is 4.57. The molecule has 1 aromatic carbocycles. The predicted octanol–water partition coefficient (Wildman–Crippen LogP) is 2.99. The zero-order chi connectivity index (χ0) is 13.9. The number of carbonyl (C=O) groups excluding carboxylic acids is 2. The summed E-state index contributed by atoms with van der Waals surface area (Å²) in [5, 5.41) is 0. The summed E-state index contributed by atoms with van der Waals surface area (Å²) in [5.41, 5.74) is 0.747. The first-order valence-corrected chi connectivity index (χ1v) is 8.07. The third kappa shape index (κ3) is 1.57. The molecule has 5 rings (SSSR count). The third-order valence-corrected chi connectivity index (χ3v) is 5.76. The molecule has 4 aliphatic rings. The van der Waals surface area contributed by atoms with E-state index in [1.54, 1.807) is 0 Å². The van der Waals surface area contributed by atoms with E-state index in [4.69, 9.17) is 0 Å². The van der Waals surface area contributed by atoms with Crippen LogP contribution in [0.1, 0.15) is 12.8 Å². The van der Waals surface area contributed by atoms with Crippen molar-refractivity contribution >= 4 is 40.1 Å². The summed E-state index contributed by atoms with van der Waals surface area (Å²) < 4.78 is 0.950. The lowest BCUT2D eigenvalue weighted by Gasteiger charge is -2.38. The van der Waals surface area contributed by atoms with Crippen LogP contribution in [0.2, 0.25) is 0 Å². The van der Waals surface area contributed by atoms with E-state index >= 15 is 0 Å². The van der Waals surface area contributed by atoms with Gasteiger partial charge in [0, 0.05) is 3.57 Å². The fourth-order valence-electron chi connectivity index (χ4n) is 3.94. The fraction of sp³-hybridized carbons (Fsp3) is 0.375. The zero-order valence-electron chi connectivity index (χ0n) is 10.8. The van der Waals surface area contributed by atoms with Gasteiger partial charge in [-0.2, -0.15) is 0 Å². The van der Waals surface area contributed by atoms with Gasteiger partial charge in [-0.25, -0.2) is 4.90 Å². The van der Waals surface area contributed by atoms with Gasteiger partial charge in [-0.15, -0.1) is 0 Å². The Bertz CT molecular complexity index is 607. The first kappa shape index (κ1) is 12.6. The Morgan fingerprint density at radius 2 is 1.50 bits per heavy atom. The first-order valence-electron chi connectivity index (χ1n) is 6.99. The number of para-hydroxylation sites is 1. The average molecular weight is 379 g/mol. The molecule has 0 spiro atoms. The molecule has 1 heterocycles. The standard InChI is InChI=1S/C16H14INO2/c17-11-3-1-2-4-12(11)18-15(19)13-9-5-6-10(8-7-9)14(13)16(18)20/h1-6,9-10,13-14H,7-8H2/t9-,10-,13-,14-/m0/s1. The van der Waals surface area contributed by atoms with Gasteiger partial charge in [0.2, 0.25) is 11.8 Å². The quantitative estimate of drug-likeness (QED) is 0.428. The highest BCUT2D eigenvalue weighted by Gasteiger charge is 2.57. The number of allylic oxidation sites excluding steroid dienone is 2. The van der Waals surface area contributed by atoms with Gasteiger partial charge in [-0.3, -0.25) is 9.59 Å². The van der Waals surface area contributed by atoms with E-state index in [0.29, 0.717) is 0 Å². The van der Waals surface area contributed by atoms with Crippen molar-refractivity contribution in [1.29, 1.82) is 0 Å². The molecule has 4 heteroatoms. The second-order valence-corrected chi connectivity index (χ2v) is 6.97. The van der Waals surface area contributed by atoms with E-state index in [1.165, 1.54) is 4.90 Å². The monoisotopic (exact) mass is 379 g/mol. The largest absolute Gasteiger partial charge is 0.274 e. The van der Waals surface area contributed by atoms with Gasteiger partial charge in [0.15, 0.2) is 0 Å². The van der Waals surface area contributed by atoms with Gasteiger partial charge in [-0.05, 0) is 59.4 Å². The minimum absolute atomic E-state index is 0.00293. The highest BCUT2D eigenvalue weighted by Crippen LogP contribution is 2.50. The number of anilines is 1. The minimum atomic E-state index is -0.123. The van der Waals surface area contributed by atoms with Crippen LogP contribution in [-0.2, 0) is 9.59 Å². The first-order chi connectivity index (χ1) is 9.68. The van der Waals surface area contributed by atoms with Crippen LogP contribution in [0.4, 0.5) is 5.69 Å². The van der Waals surface area contributed by atoms with Crippen LogP contribution in [0.5, 0.6) is 0 Å². The molecule has 1 aliphatic heterocycles. The van der Waals surface area contributed by atoms with Crippen molar-refractivity contribution in [2.24, 2.45) is 23.7 Å². The third-order valence-electron chi connectivity index (χ3n) is 4.85. The highest BCUT2D eigenvalue weighted by molar-refractivity contribution is 14.1. The van der Waals surface area contributed by atoms with E-state index in [2.05, 4.69) is 34.7 Å². The van der Waals surface area contributed by atoms with Gasteiger partial charge in [0.1, 0.15) is 0 Å². The number of imide groups is 1. The van der Waals surface area contributed by atoms with Crippen molar-refractivity contribution in [3.8, 4) is 0 Å². The summed E-state index contributed by atoms with van der Waals surface area (Å²) in [4.78, 5) is 27.0. The van der Waals surface area contributed by atoms with Gasteiger partial charge in [-0.1, -0.05) is 24.3 Å². The Labute approximate surface area is 131 Å². The van der Waals surface area contributed by atoms with Crippen LogP contribution in [-0.4, -0.2) is 11.8 Å². The number of carbonyl (C=O) groups is 2. The number of benzene rings is 1. The number of hydrogen-bond donors (Lipinski definition) is 0. The maximum absolute atomic E-state index is 12.8. The van der Waals surface area contributed by atoms with Crippen molar-refractivity contribution in [1.82, 2.24) is 0 Å². The molecular formula is C16H14INO2. The van der Waals surface area contributed by atoms with Crippen LogP contribution >= 0.6 is 22.6 Å². The van der Waals surface area contributed by atoms with Crippen molar-refractivity contribution in [2.75, 3.05) is 4.90 Å². The molecule has 102 valence electrons. The number of halogens is 1. The Morgan fingerprint density at radius 1 is 0.950 bits per heavy atom. The number of fused-ring (bicyclic) bond motifs is 1. The van der Waals surface area contributed by atoms with Crippen LogP contribution in [0.15, 0.2) is 36.4 Å². The lowest BCUT2D eigenvalue weighted by Crippen LogP contribution is -2.38. The van der Waals surface area contributed by atoms with E-state index in [-0.39, 0.29) is 35.5 Å². The maximum Gasteiger partial charge on any atom is 0.238 e. The summed E-state index contributed by atoms with van der Waals surface area (Å²) in [6, 6.07) is 7.61. The van der Waals surface area contributed by atoms with Crippen molar-refractivity contribution in [3.05, 3.63) is 40.0 Å². The number of nitrogens with zero attached hydrogens (tertiary/aromatic N) is 1. The molecular weight excluding hydrogens is 365 g/mol. The highest BCUT2D eigenvalue weighted by atomic mass is 127. The second-order valence-electron chi connectivity index (χ2n) is 5.80. The molecule has 1 saturated heterocycles. The smallest absolute Gasteiger partial charge is 0.238 e. The molecule has 20 heavy (non-hydrogen) atoms. The summed E-state index contributed by atoms with van der Waals surface area (Å²) in [6.07, 6.45) is 6.39. The van der Waals surface area contributed by atoms with E-state index in [9.17, 15) is 9.59 Å². The molecule has 1 saturated carbocycles. The number of rotatable bonds is 1. The molecule has 0 unspecified atom stereocenters. The molecule has 2 fully saturated rings. The lowest BCUT2D eigenvalue weighted by molar-refractivity contribution is -0.124. The van der Waals surface area contributed by atoms with Gasteiger partial charge in [0.25, 0.3) is 0 Å². The van der Waals surface area contributed by atoms with E-state index < -0.39 is 0 Å². The Kier molecular flexibility index (Phi) is 2.77. The number of hydrogen-bond acceptors (Lipinski definition) is 2. The van der Waals surface area contributed by atoms with E-state index in [0.717, 1.165) is 22.1 Å². The molecule has 0 radical (unpaired) electrons. The minimum Gasteiger partial charge on any atom is -0.274 e. The molecule has 2 amide bonds. The van der Waals surface area contributed by atoms with Crippen LogP contribution < -0.4 is 4.90 Å². The second kappa shape index (κ2) is 4.41. The molecule has 0 N–H and O–H groups in total. The average Bonchev–Trinajstić information content (AvgIpc) is 2.75. The maximum atomic E-state index is 12.8. The van der Waals surface area contributed by atoms with Crippen LogP contribution in [0, 0.1) is 27.2 Å². The van der Waals surface area contributed by atoms with E-state index in [1.807, 2.05) is 24.3 Å². The Hall–Kier alpha value is -1.17. The molecule has 2 bridgehead atoms. The summed E-state index contributed by atoms with van der Waals surface area (Å²) >= 11 is 2.19. The zero-order valence-corrected chi connectivity index (χ0v) is 13.0. The summed E-state index contributed by atoms with van der Waals surface area (Å²) in [7, 11) is 0. The molecule has 4 atom stereocenters. The molecule has 0 aromatic heterocycles. The van der Waals surface area contributed by atoms with Crippen LogP contribution in [0.3, 0.4) is 0 Å². The SMILES string of the molecule is O=C1[C@@H]2[C@@H](C(=O)N1c1ccccc1I)[C@H]1C=C[C@H]2CC1. The van der Waals surface area contributed by atoms with Crippen molar-refractivity contribution in [3.63, 3.8) is 0 Å². The van der Waals surface area contributed by atoms with Gasteiger partial charge < -0.3 is 0 Å². The van der Waals surface area contributed by atoms with Crippen LogP contribution in [0.25, 0.3) is 0 Å². The number of amides is 2. The Morgan fingerprint density at radius 3 is 2.00 bits per heavy atom. The van der Waals surface area contributed by atoms with Crippen molar-refractivity contribution < 1.29 is 9.59 Å². The summed E-state index contributed by atoms with van der Waals surface area (Å²) in [6.45, 7) is 0. The van der Waals surface area contributed by atoms with Gasteiger partial charge in [0.05, 0.1) is 17.5 Å². The predicted molar refractivity (Wildman–Crippen MR) is 84.0 cm³/mol. The normalized spacial score (nSPS) is 34.8. The lowest BCUT2D eigenvalue weighted by atomic mass is 9.63. The van der Waals surface area contributed by atoms with Crippen molar-refractivity contribution in [2.45, 2.75) is 12.8 Å². The Balaban J connectivity index is 1.80. The summed E-state index contributed by atoms with van der Waals surface area (Å²) in [5.74, 6) is 0.275. The topological polar surface area (TPSA) is 37.4 Å².